The Morgan fingerprint density at radius 2 is 1.79 bits per heavy atom. The highest BCUT2D eigenvalue weighted by Crippen LogP contribution is 2.30. The summed E-state index contributed by atoms with van der Waals surface area (Å²) >= 11 is 0. The van der Waals surface area contributed by atoms with Crippen molar-refractivity contribution in [2.45, 2.75) is 38.8 Å². The van der Waals surface area contributed by atoms with Gasteiger partial charge in [-0.3, -0.25) is 0 Å². The Morgan fingerprint density at radius 1 is 1.17 bits per heavy atom. The maximum atomic E-state index is 14.3. The van der Waals surface area contributed by atoms with Crippen LogP contribution in [-0.4, -0.2) is 49.3 Å². The van der Waals surface area contributed by atoms with Crippen LogP contribution in [0.15, 0.2) is 12.1 Å². The fourth-order valence-corrected chi connectivity index (χ4v) is 3.30. The van der Waals surface area contributed by atoms with Crippen molar-refractivity contribution in [3.63, 3.8) is 0 Å². The molecule has 2 amide bonds. The van der Waals surface area contributed by atoms with E-state index in [-0.39, 0.29) is 29.6 Å². The van der Waals surface area contributed by atoms with Gasteiger partial charge in [-0.05, 0) is 38.8 Å². The zero-order valence-electron chi connectivity index (χ0n) is 14.0. The molecule has 3 rings (SSSR count). The molecular weight excluding hydrogens is 316 g/mol. The van der Waals surface area contributed by atoms with E-state index in [1.165, 1.54) is 12.1 Å². The second-order valence-electron chi connectivity index (χ2n) is 6.42. The number of morpholine rings is 1. The number of rotatable bonds is 2. The molecule has 2 saturated heterocycles. The zero-order chi connectivity index (χ0) is 17.3. The SMILES string of the molecule is C[C@H]1OCCN(C(=O)Nc2cc(F)c(N3CCCC3)c(F)c2)[C@H]1C. The summed E-state index contributed by atoms with van der Waals surface area (Å²) in [5.41, 5.74) is 0.128. The Balaban J connectivity index is 1.74. The van der Waals surface area contributed by atoms with Crippen molar-refractivity contribution in [2.75, 3.05) is 36.5 Å². The van der Waals surface area contributed by atoms with Crippen molar-refractivity contribution in [1.29, 1.82) is 0 Å². The minimum atomic E-state index is -0.643. The number of benzene rings is 1. The van der Waals surface area contributed by atoms with Crippen LogP contribution in [0.3, 0.4) is 0 Å². The van der Waals surface area contributed by atoms with Crippen molar-refractivity contribution in [3.05, 3.63) is 23.8 Å². The predicted molar refractivity (Wildman–Crippen MR) is 88.4 cm³/mol. The molecule has 0 saturated carbocycles. The number of ether oxygens (including phenoxy) is 1. The third-order valence-corrected chi connectivity index (χ3v) is 4.84. The first kappa shape index (κ1) is 17.0. The lowest BCUT2D eigenvalue weighted by atomic mass is 10.1. The maximum absolute atomic E-state index is 14.3. The largest absolute Gasteiger partial charge is 0.375 e. The second-order valence-corrected chi connectivity index (χ2v) is 6.42. The molecule has 1 aromatic rings. The van der Waals surface area contributed by atoms with Gasteiger partial charge in [-0.15, -0.1) is 0 Å². The van der Waals surface area contributed by atoms with Gasteiger partial charge in [0, 0.05) is 25.3 Å². The predicted octanol–water partition coefficient (Wildman–Crippen LogP) is 3.21. The van der Waals surface area contributed by atoms with Gasteiger partial charge in [0.05, 0.1) is 18.8 Å². The van der Waals surface area contributed by atoms with Gasteiger partial charge in [-0.1, -0.05) is 0 Å². The summed E-state index contributed by atoms with van der Waals surface area (Å²) in [5.74, 6) is -1.29. The Bertz CT molecular complexity index is 597. The van der Waals surface area contributed by atoms with Crippen molar-refractivity contribution >= 4 is 17.4 Å². The van der Waals surface area contributed by atoms with E-state index >= 15 is 0 Å². The Kier molecular flexibility index (Phi) is 4.89. The molecular formula is C17H23F2N3O2. The summed E-state index contributed by atoms with van der Waals surface area (Å²) in [4.78, 5) is 15.7. The van der Waals surface area contributed by atoms with Crippen molar-refractivity contribution in [3.8, 4) is 0 Å². The lowest BCUT2D eigenvalue weighted by Gasteiger charge is -2.37. The molecule has 2 heterocycles. The van der Waals surface area contributed by atoms with Gasteiger partial charge in [0.25, 0.3) is 0 Å². The summed E-state index contributed by atoms with van der Waals surface area (Å²) in [7, 11) is 0. The highest BCUT2D eigenvalue weighted by molar-refractivity contribution is 5.90. The molecule has 2 aliphatic heterocycles. The molecule has 0 bridgehead atoms. The van der Waals surface area contributed by atoms with Crippen LogP contribution in [0.1, 0.15) is 26.7 Å². The first-order valence-corrected chi connectivity index (χ1v) is 8.40. The molecule has 24 heavy (non-hydrogen) atoms. The fourth-order valence-electron chi connectivity index (χ4n) is 3.30. The van der Waals surface area contributed by atoms with Crippen LogP contribution in [0.25, 0.3) is 0 Å². The smallest absolute Gasteiger partial charge is 0.322 e. The molecule has 0 aliphatic carbocycles. The van der Waals surface area contributed by atoms with Crippen molar-refractivity contribution < 1.29 is 18.3 Å². The molecule has 7 heteroatoms. The fraction of sp³-hybridized carbons (Fsp3) is 0.588. The molecule has 132 valence electrons. The monoisotopic (exact) mass is 339 g/mol. The minimum Gasteiger partial charge on any atom is -0.375 e. The van der Waals surface area contributed by atoms with Gasteiger partial charge < -0.3 is 19.9 Å². The maximum Gasteiger partial charge on any atom is 0.322 e. The number of hydrogen-bond donors (Lipinski definition) is 1. The van der Waals surface area contributed by atoms with E-state index in [2.05, 4.69) is 5.32 Å². The topological polar surface area (TPSA) is 44.8 Å². The van der Waals surface area contributed by atoms with Crippen LogP contribution in [0, 0.1) is 11.6 Å². The summed E-state index contributed by atoms with van der Waals surface area (Å²) in [5, 5.41) is 2.59. The average molecular weight is 339 g/mol. The average Bonchev–Trinajstić information content (AvgIpc) is 3.03. The van der Waals surface area contributed by atoms with Gasteiger partial charge in [0.1, 0.15) is 5.69 Å². The normalized spacial score (nSPS) is 24.3. The third-order valence-electron chi connectivity index (χ3n) is 4.84. The standard InChI is InChI=1S/C17H23F2N3O2/c1-11-12(2)24-8-7-22(11)17(23)20-13-9-14(18)16(15(19)10-13)21-5-3-4-6-21/h9-12H,3-8H2,1-2H3,(H,20,23)/t11-,12+/m0/s1. The number of carbonyl (C=O) groups excluding carboxylic acids is 1. The summed E-state index contributed by atoms with van der Waals surface area (Å²) in [6.45, 7) is 6.00. The highest BCUT2D eigenvalue weighted by Gasteiger charge is 2.29. The number of nitrogens with zero attached hydrogens (tertiary/aromatic N) is 2. The van der Waals surface area contributed by atoms with Gasteiger partial charge >= 0.3 is 6.03 Å². The van der Waals surface area contributed by atoms with Crippen LogP contribution in [-0.2, 0) is 4.74 Å². The number of carbonyl (C=O) groups is 1. The van der Waals surface area contributed by atoms with E-state index in [0.717, 1.165) is 12.8 Å². The highest BCUT2D eigenvalue weighted by atomic mass is 19.1. The Hall–Kier alpha value is -1.89. The number of hydrogen-bond acceptors (Lipinski definition) is 3. The number of amides is 2. The molecule has 0 radical (unpaired) electrons. The Morgan fingerprint density at radius 3 is 2.42 bits per heavy atom. The minimum absolute atomic E-state index is 0.00105. The van der Waals surface area contributed by atoms with E-state index in [4.69, 9.17) is 4.74 Å². The van der Waals surface area contributed by atoms with E-state index in [0.29, 0.717) is 26.2 Å². The number of halogens is 2. The molecule has 5 nitrogen and oxygen atoms in total. The molecule has 2 fully saturated rings. The molecule has 2 aliphatic rings. The number of nitrogens with one attached hydrogen (secondary N) is 1. The second kappa shape index (κ2) is 6.93. The zero-order valence-corrected chi connectivity index (χ0v) is 14.0. The third kappa shape index (κ3) is 3.31. The van der Waals surface area contributed by atoms with Gasteiger partial charge in [-0.25, -0.2) is 13.6 Å². The molecule has 0 unspecified atom stereocenters. The molecule has 2 atom stereocenters. The van der Waals surface area contributed by atoms with E-state index in [1.807, 2.05) is 13.8 Å². The van der Waals surface area contributed by atoms with E-state index in [1.54, 1.807) is 9.80 Å². The van der Waals surface area contributed by atoms with Gasteiger partial charge in [0.2, 0.25) is 0 Å². The van der Waals surface area contributed by atoms with Crippen LogP contribution >= 0.6 is 0 Å². The van der Waals surface area contributed by atoms with Crippen LogP contribution in [0.5, 0.6) is 0 Å². The molecule has 1 N–H and O–H groups in total. The number of anilines is 2. The summed E-state index contributed by atoms with van der Waals surface area (Å²) in [6, 6.07) is 1.90. The van der Waals surface area contributed by atoms with Crippen LogP contribution in [0.2, 0.25) is 0 Å². The van der Waals surface area contributed by atoms with Crippen molar-refractivity contribution in [2.24, 2.45) is 0 Å². The van der Waals surface area contributed by atoms with Crippen LogP contribution < -0.4 is 10.2 Å². The first-order valence-electron chi connectivity index (χ1n) is 8.40. The molecule has 0 aromatic heterocycles. The van der Waals surface area contributed by atoms with Crippen molar-refractivity contribution in [1.82, 2.24) is 4.90 Å². The number of urea groups is 1. The quantitative estimate of drug-likeness (QED) is 0.900. The van der Waals surface area contributed by atoms with E-state index < -0.39 is 11.6 Å². The molecule has 0 spiro atoms. The van der Waals surface area contributed by atoms with Gasteiger partial charge in [0.15, 0.2) is 11.6 Å². The lowest BCUT2D eigenvalue weighted by Crippen LogP contribution is -2.52. The van der Waals surface area contributed by atoms with Gasteiger partial charge in [-0.2, -0.15) is 0 Å². The Labute approximate surface area is 140 Å². The molecule has 1 aromatic carbocycles. The first-order chi connectivity index (χ1) is 11.5. The van der Waals surface area contributed by atoms with E-state index in [9.17, 15) is 13.6 Å². The summed E-state index contributed by atoms with van der Waals surface area (Å²) < 4.78 is 34.1. The summed E-state index contributed by atoms with van der Waals surface area (Å²) in [6.07, 6.45) is 1.80. The van der Waals surface area contributed by atoms with Crippen LogP contribution in [0.4, 0.5) is 25.0 Å². The lowest BCUT2D eigenvalue weighted by molar-refractivity contribution is -0.0355.